The number of allylic oxidation sites excluding steroid dienone is 16. The van der Waals surface area contributed by atoms with Gasteiger partial charge in [-0.1, -0.05) is 182 Å². The van der Waals surface area contributed by atoms with Crippen LogP contribution in [0.25, 0.3) is 0 Å². The summed E-state index contributed by atoms with van der Waals surface area (Å²) in [6, 6.07) is 0. The van der Waals surface area contributed by atoms with Gasteiger partial charge in [0, 0.05) is 19.4 Å². The normalized spacial score (nSPS) is 13.1. The van der Waals surface area contributed by atoms with Crippen molar-refractivity contribution in [2.45, 2.75) is 207 Å². The minimum absolute atomic E-state index is 0.0337. The summed E-state index contributed by atoms with van der Waals surface area (Å²) in [5.74, 6) is -0.515. The zero-order valence-electron chi connectivity index (χ0n) is 37.8. The maximum atomic E-state index is 12.7. The van der Waals surface area contributed by atoms with E-state index in [2.05, 4.69) is 112 Å². The van der Waals surface area contributed by atoms with Gasteiger partial charge in [-0.25, -0.2) is 0 Å². The molecule has 0 spiro atoms. The van der Waals surface area contributed by atoms with Crippen LogP contribution in [0.4, 0.5) is 0 Å². The lowest BCUT2D eigenvalue weighted by Crippen LogP contribution is -2.30. The molecule has 1 atom stereocenters. The van der Waals surface area contributed by atoms with Crippen LogP contribution in [0.15, 0.2) is 97.2 Å². The van der Waals surface area contributed by atoms with Crippen LogP contribution in [0.3, 0.4) is 0 Å². The minimum atomic E-state index is -0.580. The van der Waals surface area contributed by atoms with Crippen LogP contribution in [0.5, 0.6) is 0 Å². The molecule has 0 aliphatic rings. The Labute approximate surface area is 358 Å². The van der Waals surface area contributed by atoms with Gasteiger partial charge in [0.15, 0.2) is 6.10 Å². The smallest absolute Gasteiger partial charge is 0.306 e. The van der Waals surface area contributed by atoms with E-state index >= 15 is 0 Å². The average Bonchev–Trinajstić information content (AvgIpc) is 3.22. The molecule has 0 aromatic heterocycles. The van der Waals surface area contributed by atoms with E-state index in [1.54, 1.807) is 0 Å². The molecule has 330 valence electrons. The maximum absolute atomic E-state index is 12.7. The summed E-state index contributed by atoms with van der Waals surface area (Å²) in [5, 5.41) is 0. The van der Waals surface area contributed by atoms with E-state index in [-0.39, 0.29) is 25.2 Å². The molecule has 0 saturated carbocycles. The lowest BCUT2D eigenvalue weighted by atomic mass is 10.1. The Morgan fingerprint density at radius 3 is 1.33 bits per heavy atom. The summed E-state index contributed by atoms with van der Waals surface area (Å²) in [6.45, 7) is 7.46. The van der Waals surface area contributed by atoms with Crippen molar-refractivity contribution in [3.8, 4) is 0 Å². The van der Waals surface area contributed by atoms with Gasteiger partial charge in [0.2, 0.25) is 0 Å². The number of esters is 2. The van der Waals surface area contributed by atoms with Gasteiger partial charge in [-0.3, -0.25) is 9.59 Å². The molecule has 0 radical (unpaired) electrons. The van der Waals surface area contributed by atoms with Crippen molar-refractivity contribution < 1.29 is 23.8 Å². The number of unbranched alkanes of at least 4 members (excludes halogenated alkanes) is 15. The van der Waals surface area contributed by atoms with E-state index in [1.807, 2.05) is 6.08 Å². The molecule has 0 heterocycles. The third kappa shape index (κ3) is 45.5. The summed E-state index contributed by atoms with van der Waals surface area (Å²) < 4.78 is 17.3. The van der Waals surface area contributed by atoms with Crippen LogP contribution in [-0.4, -0.2) is 37.9 Å². The first-order valence-corrected chi connectivity index (χ1v) is 23.8. The van der Waals surface area contributed by atoms with Crippen LogP contribution in [0, 0.1) is 0 Å². The van der Waals surface area contributed by atoms with Gasteiger partial charge in [-0.15, -0.1) is 0 Å². The molecular formula is C53H88O5. The summed E-state index contributed by atoms with van der Waals surface area (Å²) in [4.78, 5) is 25.3. The van der Waals surface area contributed by atoms with E-state index in [1.165, 1.54) is 70.6 Å². The van der Waals surface area contributed by atoms with E-state index < -0.39 is 6.10 Å². The average molecular weight is 805 g/mol. The van der Waals surface area contributed by atoms with Crippen LogP contribution in [-0.2, 0) is 23.8 Å². The topological polar surface area (TPSA) is 61.8 Å². The maximum Gasteiger partial charge on any atom is 0.306 e. The van der Waals surface area contributed by atoms with E-state index in [9.17, 15) is 9.59 Å². The Bertz CT molecular complexity index is 1140. The number of carbonyl (C=O) groups is 2. The van der Waals surface area contributed by atoms with Crippen LogP contribution in [0.2, 0.25) is 0 Å². The van der Waals surface area contributed by atoms with Crippen LogP contribution in [0.1, 0.15) is 201 Å². The molecular weight excluding hydrogens is 717 g/mol. The predicted octanol–water partition coefficient (Wildman–Crippen LogP) is 15.9. The Kier molecular flexibility index (Phi) is 45.5. The van der Waals surface area contributed by atoms with Gasteiger partial charge in [-0.2, -0.15) is 0 Å². The molecule has 0 aliphatic carbocycles. The quantitative estimate of drug-likeness (QED) is 0.0349. The molecule has 0 bridgehead atoms. The van der Waals surface area contributed by atoms with Gasteiger partial charge in [0.25, 0.3) is 0 Å². The van der Waals surface area contributed by atoms with Gasteiger partial charge < -0.3 is 14.2 Å². The molecule has 0 fully saturated rings. The van der Waals surface area contributed by atoms with Crippen LogP contribution >= 0.6 is 0 Å². The van der Waals surface area contributed by atoms with Crippen LogP contribution < -0.4 is 0 Å². The summed E-state index contributed by atoms with van der Waals surface area (Å²) in [7, 11) is 0. The Hall–Kier alpha value is -3.18. The Morgan fingerprint density at radius 1 is 0.397 bits per heavy atom. The molecule has 5 nitrogen and oxygen atoms in total. The van der Waals surface area contributed by atoms with Gasteiger partial charge in [0.05, 0.1) is 6.61 Å². The number of hydrogen-bond donors (Lipinski definition) is 0. The summed E-state index contributed by atoms with van der Waals surface area (Å²) in [6.07, 6.45) is 64.2. The van der Waals surface area contributed by atoms with Gasteiger partial charge in [0.1, 0.15) is 6.61 Å². The van der Waals surface area contributed by atoms with E-state index in [0.717, 1.165) is 89.9 Å². The third-order valence-electron chi connectivity index (χ3n) is 9.60. The first kappa shape index (κ1) is 54.8. The molecule has 0 rings (SSSR count). The predicted molar refractivity (Wildman–Crippen MR) is 251 cm³/mol. The first-order chi connectivity index (χ1) is 28.6. The van der Waals surface area contributed by atoms with Crippen molar-refractivity contribution in [2.75, 3.05) is 19.8 Å². The van der Waals surface area contributed by atoms with E-state index in [0.29, 0.717) is 25.9 Å². The second kappa shape index (κ2) is 48.2. The fourth-order valence-corrected chi connectivity index (χ4v) is 6.12. The zero-order chi connectivity index (χ0) is 42.1. The zero-order valence-corrected chi connectivity index (χ0v) is 37.8. The fourth-order valence-electron chi connectivity index (χ4n) is 6.12. The lowest BCUT2D eigenvalue weighted by molar-refractivity contribution is -0.162. The fraction of sp³-hybridized carbons (Fsp3) is 0.660. The molecule has 5 heteroatoms. The SMILES string of the molecule is CC/C=C\C/C=C\C/C=C\C/C=C\CCC(=O)OCC(COCCCCCCCC/C=C\C/C=C\C/C=C\CC)OC(=O)CCCCCCC/C=C\CCCCCC. The van der Waals surface area contributed by atoms with Crippen molar-refractivity contribution >= 4 is 11.9 Å². The van der Waals surface area contributed by atoms with Gasteiger partial charge in [-0.05, 0) is 103 Å². The molecule has 0 amide bonds. The van der Waals surface area contributed by atoms with Crippen molar-refractivity contribution in [3.63, 3.8) is 0 Å². The second-order valence-corrected chi connectivity index (χ2v) is 15.2. The first-order valence-electron chi connectivity index (χ1n) is 23.8. The lowest BCUT2D eigenvalue weighted by Gasteiger charge is -2.18. The van der Waals surface area contributed by atoms with Crippen molar-refractivity contribution in [2.24, 2.45) is 0 Å². The molecule has 0 N–H and O–H groups in total. The number of hydrogen-bond acceptors (Lipinski definition) is 5. The minimum Gasteiger partial charge on any atom is -0.462 e. The largest absolute Gasteiger partial charge is 0.462 e. The number of ether oxygens (including phenoxy) is 3. The molecule has 58 heavy (non-hydrogen) atoms. The highest BCUT2D eigenvalue weighted by Gasteiger charge is 2.17. The van der Waals surface area contributed by atoms with Crippen molar-refractivity contribution in [3.05, 3.63) is 97.2 Å². The summed E-state index contributed by atoms with van der Waals surface area (Å²) in [5.41, 5.74) is 0. The molecule has 0 aromatic rings. The number of rotatable bonds is 42. The van der Waals surface area contributed by atoms with Crippen molar-refractivity contribution in [1.29, 1.82) is 0 Å². The second-order valence-electron chi connectivity index (χ2n) is 15.2. The Balaban J connectivity index is 4.40. The highest BCUT2D eigenvalue weighted by Crippen LogP contribution is 2.12. The van der Waals surface area contributed by atoms with Gasteiger partial charge >= 0.3 is 11.9 Å². The third-order valence-corrected chi connectivity index (χ3v) is 9.60. The van der Waals surface area contributed by atoms with E-state index in [4.69, 9.17) is 14.2 Å². The molecule has 0 aromatic carbocycles. The number of carbonyl (C=O) groups excluding carboxylic acids is 2. The standard InChI is InChI=1S/C53H88O5/c1-4-7-10-13-16-19-22-25-26-27-30-33-36-39-42-45-48-56-49-51(58-53(55)47-44-41-38-35-32-29-24-21-18-15-12-9-6-3)50-57-52(54)46-43-40-37-34-31-28-23-20-17-14-11-8-5-2/h7-8,10-11,16-17,19-21,24-26,28,31,37,40,51H,4-6,9,12-15,18,22-23,27,29-30,32-36,38-39,41-50H2,1-3H3/b10-7-,11-8-,19-16-,20-17-,24-21-,26-25-,31-28-,40-37-. The molecule has 1 unspecified atom stereocenters. The monoisotopic (exact) mass is 805 g/mol. The molecule has 0 saturated heterocycles. The Morgan fingerprint density at radius 2 is 0.810 bits per heavy atom. The highest BCUT2D eigenvalue weighted by atomic mass is 16.6. The summed E-state index contributed by atoms with van der Waals surface area (Å²) >= 11 is 0. The highest BCUT2D eigenvalue weighted by molar-refractivity contribution is 5.70. The van der Waals surface area contributed by atoms with Crippen molar-refractivity contribution in [1.82, 2.24) is 0 Å². The molecule has 0 aliphatic heterocycles.